The summed E-state index contributed by atoms with van der Waals surface area (Å²) in [7, 11) is 1.67. The minimum Gasteiger partial charge on any atom is -0.380 e. The van der Waals surface area contributed by atoms with Crippen molar-refractivity contribution >= 4 is 5.91 Å². The second kappa shape index (κ2) is 7.16. The molecule has 2 aromatic carbocycles. The lowest BCUT2D eigenvalue weighted by molar-refractivity contribution is -0.151. The quantitative estimate of drug-likeness (QED) is 0.940. The topological polar surface area (TPSA) is 49.8 Å². The molecule has 1 atom stereocenters. The van der Waals surface area contributed by atoms with Crippen LogP contribution >= 0.6 is 0 Å². The molecular weight excluding hydrogens is 302 g/mol. The molecule has 1 heterocycles. The first kappa shape index (κ1) is 16.7. The summed E-state index contributed by atoms with van der Waals surface area (Å²) in [6, 6.07) is 18.3. The monoisotopic (exact) mass is 325 g/mol. The van der Waals surface area contributed by atoms with E-state index in [4.69, 9.17) is 4.74 Å². The maximum atomic E-state index is 13.3. The number of methoxy groups -OCH3 is 1. The number of benzene rings is 2. The van der Waals surface area contributed by atoms with Crippen molar-refractivity contribution in [2.24, 2.45) is 0 Å². The van der Waals surface area contributed by atoms with Crippen LogP contribution in [0.25, 0.3) is 0 Å². The van der Waals surface area contributed by atoms with Gasteiger partial charge in [0.2, 0.25) is 0 Å². The van der Waals surface area contributed by atoms with E-state index in [1.165, 1.54) is 0 Å². The van der Waals surface area contributed by atoms with E-state index < -0.39 is 5.60 Å². The zero-order valence-corrected chi connectivity index (χ0v) is 13.9. The van der Waals surface area contributed by atoms with E-state index in [0.717, 1.165) is 12.8 Å². The number of nitrogens with zero attached hydrogens (tertiary/aromatic N) is 1. The fourth-order valence-electron chi connectivity index (χ4n) is 3.32. The number of carbonyl (C=O) groups is 1. The van der Waals surface area contributed by atoms with Gasteiger partial charge in [-0.05, 0) is 24.0 Å². The number of hydrogen-bond acceptors (Lipinski definition) is 3. The molecular formula is C20H23NO3. The molecule has 1 fully saturated rings. The lowest BCUT2D eigenvalue weighted by Gasteiger charge is -2.38. The summed E-state index contributed by atoms with van der Waals surface area (Å²) in [4.78, 5) is 15.0. The highest BCUT2D eigenvalue weighted by Gasteiger charge is 2.43. The van der Waals surface area contributed by atoms with Crippen LogP contribution in [-0.2, 0) is 15.1 Å². The van der Waals surface area contributed by atoms with Gasteiger partial charge in [0.1, 0.15) is 0 Å². The van der Waals surface area contributed by atoms with E-state index in [1.54, 1.807) is 36.3 Å². The Labute approximate surface area is 142 Å². The van der Waals surface area contributed by atoms with Crippen LogP contribution in [-0.4, -0.2) is 42.2 Å². The maximum absolute atomic E-state index is 13.3. The predicted molar refractivity (Wildman–Crippen MR) is 92.5 cm³/mol. The van der Waals surface area contributed by atoms with Gasteiger partial charge in [0.25, 0.3) is 5.91 Å². The molecule has 0 spiro atoms. The molecule has 1 N–H and O–H groups in total. The molecule has 4 heteroatoms. The first-order valence-electron chi connectivity index (χ1n) is 8.32. The van der Waals surface area contributed by atoms with Crippen molar-refractivity contribution in [1.82, 2.24) is 4.90 Å². The largest absolute Gasteiger partial charge is 0.380 e. The third-order valence-corrected chi connectivity index (χ3v) is 4.69. The molecule has 126 valence electrons. The van der Waals surface area contributed by atoms with E-state index in [-0.39, 0.29) is 12.0 Å². The fraction of sp³-hybridized carbons (Fsp3) is 0.350. The number of hydrogen-bond donors (Lipinski definition) is 1. The van der Waals surface area contributed by atoms with Crippen molar-refractivity contribution in [2.45, 2.75) is 24.5 Å². The van der Waals surface area contributed by atoms with E-state index >= 15 is 0 Å². The van der Waals surface area contributed by atoms with Crippen LogP contribution in [0, 0.1) is 0 Å². The Morgan fingerprint density at radius 3 is 2.12 bits per heavy atom. The Hall–Kier alpha value is -2.17. The zero-order valence-electron chi connectivity index (χ0n) is 13.9. The lowest BCUT2D eigenvalue weighted by atomic mass is 9.84. The summed E-state index contributed by atoms with van der Waals surface area (Å²) >= 11 is 0. The van der Waals surface area contributed by atoms with Gasteiger partial charge in [-0.15, -0.1) is 0 Å². The Balaban J connectivity index is 2.00. The molecule has 1 amide bonds. The Morgan fingerprint density at radius 1 is 1.08 bits per heavy atom. The molecule has 1 saturated heterocycles. The number of rotatable bonds is 4. The average molecular weight is 325 g/mol. The molecule has 0 bridgehead atoms. The molecule has 1 aliphatic heterocycles. The minimum atomic E-state index is -1.68. The normalized spacial score (nSPS) is 18.4. The van der Waals surface area contributed by atoms with Crippen LogP contribution in [0.2, 0.25) is 0 Å². The van der Waals surface area contributed by atoms with Crippen molar-refractivity contribution in [3.63, 3.8) is 0 Å². The van der Waals surface area contributed by atoms with Gasteiger partial charge in [0.05, 0.1) is 6.10 Å². The Morgan fingerprint density at radius 2 is 1.62 bits per heavy atom. The number of carbonyl (C=O) groups excluding carboxylic acids is 1. The summed E-state index contributed by atoms with van der Waals surface area (Å²) in [6.45, 7) is 1.15. The molecule has 0 aliphatic carbocycles. The van der Waals surface area contributed by atoms with Crippen molar-refractivity contribution in [3.8, 4) is 0 Å². The minimum absolute atomic E-state index is 0.0264. The summed E-state index contributed by atoms with van der Waals surface area (Å²) in [6.07, 6.45) is 1.85. The Bertz CT molecular complexity index is 632. The standard InChI is InChI=1S/C20H23NO3/c1-24-18-13-8-14-21(15-18)19(22)20(23,16-9-4-2-5-10-16)17-11-6-3-7-12-17/h2-7,9-12,18,23H,8,13-15H2,1H3. The molecule has 3 rings (SSSR count). The van der Waals surface area contributed by atoms with Crippen molar-refractivity contribution < 1.29 is 14.6 Å². The fourth-order valence-corrected chi connectivity index (χ4v) is 3.32. The summed E-state index contributed by atoms with van der Waals surface area (Å²) in [5.74, 6) is -0.290. The van der Waals surface area contributed by atoms with Crippen LogP contribution in [0.4, 0.5) is 0 Å². The first-order chi connectivity index (χ1) is 11.7. The molecule has 1 unspecified atom stereocenters. The number of piperidine rings is 1. The zero-order chi connectivity index (χ0) is 17.0. The second-order valence-corrected chi connectivity index (χ2v) is 6.19. The van der Waals surface area contributed by atoms with Gasteiger partial charge in [0.15, 0.2) is 5.60 Å². The van der Waals surface area contributed by atoms with Gasteiger partial charge in [-0.2, -0.15) is 0 Å². The number of amides is 1. The molecule has 0 saturated carbocycles. The van der Waals surface area contributed by atoms with Crippen LogP contribution in [0.5, 0.6) is 0 Å². The third-order valence-electron chi connectivity index (χ3n) is 4.69. The van der Waals surface area contributed by atoms with E-state index in [9.17, 15) is 9.90 Å². The van der Waals surface area contributed by atoms with Crippen LogP contribution < -0.4 is 0 Å². The molecule has 1 aliphatic rings. The first-order valence-corrected chi connectivity index (χ1v) is 8.32. The SMILES string of the molecule is COC1CCCN(C(=O)C(O)(c2ccccc2)c2ccccc2)C1. The van der Waals surface area contributed by atoms with Crippen molar-refractivity contribution in [2.75, 3.05) is 20.2 Å². The van der Waals surface area contributed by atoms with Gasteiger partial charge in [-0.3, -0.25) is 4.79 Å². The smallest absolute Gasteiger partial charge is 0.264 e. The summed E-state index contributed by atoms with van der Waals surface area (Å²) in [5.41, 5.74) is -0.514. The van der Waals surface area contributed by atoms with Gasteiger partial charge in [-0.1, -0.05) is 60.7 Å². The van der Waals surface area contributed by atoms with Gasteiger partial charge >= 0.3 is 0 Å². The number of ether oxygens (including phenoxy) is 1. The van der Waals surface area contributed by atoms with Gasteiger partial charge < -0.3 is 14.7 Å². The van der Waals surface area contributed by atoms with Crippen molar-refractivity contribution in [3.05, 3.63) is 71.8 Å². The second-order valence-electron chi connectivity index (χ2n) is 6.19. The molecule has 24 heavy (non-hydrogen) atoms. The average Bonchev–Trinajstić information content (AvgIpc) is 2.68. The van der Waals surface area contributed by atoms with Gasteiger partial charge in [0, 0.05) is 20.2 Å². The molecule has 4 nitrogen and oxygen atoms in total. The third kappa shape index (κ3) is 3.07. The predicted octanol–water partition coefficient (Wildman–Crippen LogP) is 2.56. The summed E-state index contributed by atoms with van der Waals surface area (Å²) < 4.78 is 5.42. The van der Waals surface area contributed by atoms with Crippen LogP contribution in [0.1, 0.15) is 24.0 Å². The lowest BCUT2D eigenvalue weighted by Crippen LogP contribution is -2.52. The Kier molecular flexibility index (Phi) is 4.97. The maximum Gasteiger partial charge on any atom is 0.264 e. The van der Waals surface area contributed by atoms with Crippen LogP contribution in [0.15, 0.2) is 60.7 Å². The highest BCUT2D eigenvalue weighted by atomic mass is 16.5. The number of aliphatic hydroxyl groups is 1. The van der Waals surface area contributed by atoms with E-state index in [2.05, 4.69) is 0 Å². The molecule has 0 aromatic heterocycles. The van der Waals surface area contributed by atoms with E-state index in [0.29, 0.717) is 24.2 Å². The van der Waals surface area contributed by atoms with Crippen LogP contribution in [0.3, 0.4) is 0 Å². The van der Waals surface area contributed by atoms with E-state index in [1.807, 2.05) is 36.4 Å². The van der Waals surface area contributed by atoms with Crippen molar-refractivity contribution in [1.29, 1.82) is 0 Å². The number of likely N-dealkylation sites (tertiary alicyclic amines) is 1. The molecule has 2 aromatic rings. The summed E-state index contributed by atoms with van der Waals surface area (Å²) in [5, 5.41) is 11.5. The highest BCUT2D eigenvalue weighted by Crippen LogP contribution is 2.32. The van der Waals surface area contributed by atoms with Gasteiger partial charge in [-0.25, -0.2) is 0 Å². The molecule has 0 radical (unpaired) electrons. The highest BCUT2D eigenvalue weighted by molar-refractivity contribution is 5.90.